The van der Waals surface area contributed by atoms with Crippen LogP contribution >= 0.6 is 22.6 Å². The maximum atomic E-state index is 13.9. The van der Waals surface area contributed by atoms with Crippen molar-refractivity contribution in [2.75, 3.05) is 25.0 Å². The minimum Gasteiger partial charge on any atom is -0.507 e. The largest absolute Gasteiger partial charge is 0.507 e. The molecule has 47 heavy (non-hydrogen) atoms. The predicted octanol–water partition coefficient (Wildman–Crippen LogP) is 2.80. The number of aromatic nitrogens is 2. The summed E-state index contributed by atoms with van der Waals surface area (Å²) in [6, 6.07) is 11.8. The molecule has 3 aromatic rings. The molecule has 0 spiro atoms. The van der Waals surface area contributed by atoms with Gasteiger partial charge >= 0.3 is 0 Å². The number of ether oxygens (including phenoxy) is 1. The molecular formula is C34H44IN7O5. The highest BCUT2D eigenvalue weighted by Gasteiger charge is 2.32. The van der Waals surface area contributed by atoms with Crippen molar-refractivity contribution in [3.8, 4) is 11.5 Å². The van der Waals surface area contributed by atoms with Crippen molar-refractivity contribution in [3.05, 3.63) is 75.6 Å². The van der Waals surface area contributed by atoms with E-state index in [4.69, 9.17) is 4.74 Å². The highest BCUT2D eigenvalue weighted by molar-refractivity contribution is 14.1. The Kier molecular flexibility index (Phi) is 13.2. The van der Waals surface area contributed by atoms with Gasteiger partial charge in [-0.05, 0) is 89.6 Å². The van der Waals surface area contributed by atoms with Crippen LogP contribution < -0.4 is 31.3 Å². The van der Waals surface area contributed by atoms with Gasteiger partial charge in [0.15, 0.2) is 0 Å². The van der Waals surface area contributed by atoms with Crippen LogP contribution in [-0.2, 0) is 27.2 Å². The molecule has 1 aliphatic heterocycles. The quantitative estimate of drug-likeness (QED) is 0.208. The topological polar surface area (TPSA) is 167 Å². The van der Waals surface area contributed by atoms with Crippen LogP contribution in [0.5, 0.6) is 11.5 Å². The minimum atomic E-state index is -0.973. The van der Waals surface area contributed by atoms with Crippen LogP contribution in [0.4, 0.5) is 5.95 Å². The van der Waals surface area contributed by atoms with Crippen LogP contribution in [0, 0.1) is 15.4 Å². The Morgan fingerprint density at radius 2 is 1.72 bits per heavy atom. The lowest BCUT2D eigenvalue weighted by Crippen LogP contribution is -2.60. The van der Waals surface area contributed by atoms with E-state index in [1.54, 1.807) is 30.6 Å². The molecule has 1 aliphatic rings. The van der Waals surface area contributed by atoms with Crippen LogP contribution in [0.25, 0.3) is 0 Å². The molecule has 0 saturated heterocycles. The van der Waals surface area contributed by atoms with E-state index in [1.165, 1.54) is 0 Å². The zero-order valence-electron chi connectivity index (χ0n) is 27.1. The summed E-state index contributed by atoms with van der Waals surface area (Å²) in [6.45, 7) is 8.37. The summed E-state index contributed by atoms with van der Waals surface area (Å²) in [5.41, 5.74) is 1.84. The van der Waals surface area contributed by atoms with E-state index in [9.17, 15) is 19.5 Å². The highest BCUT2D eigenvalue weighted by Crippen LogP contribution is 2.23. The minimum absolute atomic E-state index is 0.0343. The third kappa shape index (κ3) is 10.8. The number of fused-ring (bicyclic) bond motifs is 1. The summed E-state index contributed by atoms with van der Waals surface area (Å²) in [5, 5.41) is 25.3. The number of amides is 3. The fourth-order valence-corrected chi connectivity index (χ4v) is 5.83. The van der Waals surface area contributed by atoms with E-state index < -0.39 is 24.0 Å². The highest BCUT2D eigenvalue weighted by atomic mass is 127. The first kappa shape index (κ1) is 35.9. The molecule has 5 atom stereocenters. The average molecular weight is 758 g/mol. The number of hydrogen-bond donors (Lipinski definition) is 6. The SMILES string of the molecule is CC(C)[C@H]1NC(=O)[C@@H](Cc2ccc(O)c(I)c2)N[C@@H](C)COc2ccccc2C[C@H](C)CNC(=O)[C@H](CNc2ncccn2)NC1=O. The molecule has 2 heterocycles. The number of para-hydroxylation sites is 1. The molecule has 0 fully saturated rings. The van der Waals surface area contributed by atoms with E-state index in [2.05, 4.69) is 36.6 Å². The molecule has 3 amide bonds. The van der Waals surface area contributed by atoms with Gasteiger partial charge < -0.3 is 31.1 Å². The number of anilines is 1. The van der Waals surface area contributed by atoms with Gasteiger partial charge in [-0.25, -0.2) is 9.97 Å². The third-order valence-corrected chi connectivity index (χ3v) is 8.68. The maximum absolute atomic E-state index is 13.9. The monoisotopic (exact) mass is 757 g/mol. The third-order valence-electron chi connectivity index (χ3n) is 7.82. The fourth-order valence-electron chi connectivity index (χ4n) is 5.25. The molecule has 0 saturated carbocycles. The van der Waals surface area contributed by atoms with Crippen molar-refractivity contribution in [3.63, 3.8) is 0 Å². The van der Waals surface area contributed by atoms with Gasteiger partial charge in [-0.1, -0.05) is 45.0 Å². The lowest BCUT2D eigenvalue weighted by Gasteiger charge is -2.29. The van der Waals surface area contributed by atoms with Gasteiger partial charge in [0, 0.05) is 31.5 Å². The van der Waals surface area contributed by atoms with E-state index in [-0.39, 0.29) is 42.0 Å². The van der Waals surface area contributed by atoms with E-state index in [1.807, 2.05) is 80.6 Å². The number of carbonyl (C=O) groups excluding carboxylic acids is 3. The second kappa shape index (κ2) is 17.3. The maximum Gasteiger partial charge on any atom is 0.244 e. The number of phenols is 1. The second-order valence-electron chi connectivity index (χ2n) is 12.3. The first-order valence-electron chi connectivity index (χ1n) is 15.8. The second-order valence-corrected chi connectivity index (χ2v) is 13.5. The first-order valence-corrected chi connectivity index (χ1v) is 16.9. The average Bonchev–Trinajstić information content (AvgIpc) is 3.05. The Balaban J connectivity index is 1.64. The number of benzene rings is 2. The molecule has 0 unspecified atom stereocenters. The fraction of sp³-hybridized carbons (Fsp3) is 0.441. The van der Waals surface area contributed by atoms with E-state index in [0.29, 0.717) is 35.5 Å². The molecule has 0 bridgehead atoms. The van der Waals surface area contributed by atoms with Crippen LogP contribution in [-0.4, -0.2) is 76.7 Å². The molecule has 0 radical (unpaired) electrons. The number of phenolic OH excluding ortho intramolecular Hbond substituents is 1. The summed E-state index contributed by atoms with van der Waals surface area (Å²) in [7, 11) is 0. The van der Waals surface area contributed by atoms with Gasteiger partial charge in [0.25, 0.3) is 0 Å². The Morgan fingerprint density at radius 3 is 2.45 bits per heavy atom. The van der Waals surface area contributed by atoms with Crippen LogP contribution in [0.15, 0.2) is 60.9 Å². The number of nitrogens with zero attached hydrogens (tertiary/aromatic N) is 2. The number of carbonyl (C=O) groups is 3. The Bertz CT molecular complexity index is 1510. The zero-order valence-corrected chi connectivity index (χ0v) is 29.3. The van der Waals surface area contributed by atoms with Crippen molar-refractivity contribution in [1.82, 2.24) is 31.2 Å². The van der Waals surface area contributed by atoms with Gasteiger partial charge in [-0.15, -0.1) is 0 Å². The van der Waals surface area contributed by atoms with Gasteiger partial charge in [0.1, 0.15) is 30.2 Å². The van der Waals surface area contributed by atoms with Crippen molar-refractivity contribution in [2.45, 2.75) is 64.7 Å². The Hall–Kier alpha value is -3.98. The molecular weight excluding hydrogens is 713 g/mol. The Morgan fingerprint density at radius 1 is 0.979 bits per heavy atom. The number of hydrogen-bond acceptors (Lipinski definition) is 9. The number of rotatable bonds is 6. The molecule has 0 aliphatic carbocycles. The number of nitrogens with one attached hydrogen (secondary N) is 5. The molecule has 13 heteroatoms. The standard InChI is InChI=1S/C34H44IN7O5/c1-20(2)30-33(46)41-27(18-39-34-36-12-7-13-37-34)31(44)38-17-21(3)14-24-8-5-6-9-29(24)47-19-22(4)40-26(32(45)42-30)16-23-10-11-28(43)25(35)15-23/h5-13,15,20-22,26-27,30,40,43H,14,16-19H2,1-4H3,(H,38,44)(H,41,46)(H,42,45)(H,36,37,39)/t21-,22-,26+,27-,30+/m0/s1. The summed E-state index contributed by atoms with van der Waals surface area (Å²) in [6.07, 6.45) is 4.12. The first-order chi connectivity index (χ1) is 22.5. The van der Waals surface area contributed by atoms with Crippen molar-refractivity contribution < 1.29 is 24.2 Å². The zero-order chi connectivity index (χ0) is 33.9. The van der Waals surface area contributed by atoms with Crippen molar-refractivity contribution in [1.29, 1.82) is 0 Å². The van der Waals surface area contributed by atoms with Gasteiger partial charge in [-0.3, -0.25) is 19.7 Å². The smallest absolute Gasteiger partial charge is 0.244 e. The molecule has 2 aromatic carbocycles. The summed E-state index contributed by atoms with van der Waals surface area (Å²) < 4.78 is 6.92. The summed E-state index contributed by atoms with van der Waals surface area (Å²) >= 11 is 2.05. The Labute approximate surface area is 289 Å². The van der Waals surface area contributed by atoms with Crippen LogP contribution in [0.3, 0.4) is 0 Å². The van der Waals surface area contributed by atoms with Crippen LogP contribution in [0.1, 0.15) is 38.8 Å². The number of aromatic hydroxyl groups is 1. The van der Waals surface area contributed by atoms with Gasteiger partial charge in [0.05, 0.1) is 9.61 Å². The summed E-state index contributed by atoms with van der Waals surface area (Å²) in [4.78, 5) is 49.5. The summed E-state index contributed by atoms with van der Waals surface area (Å²) in [5.74, 6) is -0.224. The molecule has 6 N–H and O–H groups in total. The van der Waals surface area contributed by atoms with Gasteiger partial charge in [-0.2, -0.15) is 0 Å². The molecule has 1 aromatic heterocycles. The van der Waals surface area contributed by atoms with Crippen LogP contribution in [0.2, 0.25) is 0 Å². The number of halogens is 1. The van der Waals surface area contributed by atoms with E-state index in [0.717, 1.165) is 16.9 Å². The van der Waals surface area contributed by atoms with E-state index >= 15 is 0 Å². The van der Waals surface area contributed by atoms with Gasteiger partial charge in [0.2, 0.25) is 23.7 Å². The normalized spacial score (nSPS) is 23.3. The van der Waals surface area contributed by atoms with Crippen molar-refractivity contribution in [2.24, 2.45) is 11.8 Å². The molecule has 12 nitrogen and oxygen atoms in total. The lowest BCUT2D eigenvalue weighted by molar-refractivity contribution is -0.133. The molecule has 4 rings (SSSR count). The van der Waals surface area contributed by atoms with Crippen molar-refractivity contribution >= 4 is 46.3 Å². The lowest BCUT2D eigenvalue weighted by atomic mass is 9.99. The predicted molar refractivity (Wildman–Crippen MR) is 188 cm³/mol. The molecule has 252 valence electrons.